The number of hydrogen-bond donors (Lipinski definition) is 1. The van der Waals surface area contributed by atoms with E-state index < -0.39 is 12.1 Å². The second kappa shape index (κ2) is 7.49. The van der Waals surface area contributed by atoms with Gasteiger partial charge in [0.25, 0.3) is 0 Å². The predicted molar refractivity (Wildman–Crippen MR) is 80.9 cm³/mol. The van der Waals surface area contributed by atoms with Gasteiger partial charge in [-0.25, -0.2) is 9.59 Å². The highest BCUT2D eigenvalue weighted by Crippen LogP contribution is 2.18. The van der Waals surface area contributed by atoms with Crippen LogP contribution in [-0.4, -0.2) is 43.8 Å². The number of benzene rings is 1. The molecule has 0 spiro atoms. The maximum absolute atomic E-state index is 12.0. The van der Waals surface area contributed by atoms with Gasteiger partial charge in [0, 0.05) is 12.2 Å². The van der Waals surface area contributed by atoms with Crippen molar-refractivity contribution >= 4 is 12.1 Å². The number of ether oxygens (including phenoxy) is 2. The van der Waals surface area contributed by atoms with E-state index >= 15 is 0 Å². The van der Waals surface area contributed by atoms with E-state index in [0.29, 0.717) is 31.0 Å². The van der Waals surface area contributed by atoms with Crippen LogP contribution in [0.15, 0.2) is 41.6 Å². The standard InChI is InChI=1S/C16H20N2O4/c1-3-22-15(19)13-10-18(16(20)21-2)11-14(13)17-9-12-7-5-4-6-8-12/h4-8,17H,3,9-11H2,1-2H3. The van der Waals surface area contributed by atoms with Crippen LogP contribution in [0, 0.1) is 0 Å². The van der Waals surface area contributed by atoms with E-state index in [-0.39, 0.29) is 6.54 Å². The van der Waals surface area contributed by atoms with Gasteiger partial charge in [0.15, 0.2) is 0 Å². The van der Waals surface area contributed by atoms with E-state index in [9.17, 15) is 9.59 Å². The number of carbonyl (C=O) groups excluding carboxylic acids is 2. The fourth-order valence-electron chi connectivity index (χ4n) is 2.26. The van der Waals surface area contributed by atoms with Gasteiger partial charge in [0.2, 0.25) is 0 Å². The summed E-state index contributed by atoms with van der Waals surface area (Å²) in [6.07, 6.45) is -0.460. The van der Waals surface area contributed by atoms with Crippen LogP contribution in [0.3, 0.4) is 0 Å². The van der Waals surface area contributed by atoms with E-state index in [1.807, 2.05) is 30.3 Å². The molecule has 1 aliphatic rings. The van der Waals surface area contributed by atoms with Gasteiger partial charge in [-0.3, -0.25) is 4.90 Å². The molecule has 6 heteroatoms. The number of esters is 1. The molecule has 1 aliphatic heterocycles. The van der Waals surface area contributed by atoms with Gasteiger partial charge < -0.3 is 14.8 Å². The van der Waals surface area contributed by atoms with E-state index in [1.165, 1.54) is 12.0 Å². The Labute approximate surface area is 129 Å². The third kappa shape index (κ3) is 3.78. The normalized spacial score (nSPS) is 14.0. The van der Waals surface area contributed by atoms with Crippen LogP contribution >= 0.6 is 0 Å². The van der Waals surface area contributed by atoms with Gasteiger partial charge in [-0.2, -0.15) is 0 Å². The average molecular weight is 304 g/mol. The molecule has 118 valence electrons. The summed E-state index contributed by atoms with van der Waals surface area (Å²) in [7, 11) is 1.32. The molecule has 0 radical (unpaired) electrons. The molecule has 1 aromatic carbocycles. The maximum Gasteiger partial charge on any atom is 0.410 e. The molecule has 1 heterocycles. The lowest BCUT2D eigenvalue weighted by atomic mass is 10.2. The van der Waals surface area contributed by atoms with Crippen LogP contribution in [-0.2, 0) is 20.8 Å². The molecule has 1 aromatic rings. The third-order valence-corrected chi connectivity index (χ3v) is 3.37. The molecule has 2 rings (SSSR count). The molecule has 1 N–H and O–H groups in total. The minimum Gasteiger partial charge on any atom is -0.463 e. The fourth-order valence-corrected chi connectivity index (χ4v) is 2.26. The molecule has 0 atom stereocenters. The SMILES string of the molecule is CCOC(=O)C1=C(NCc2ccccc2)CN(C(=O)OC)C1. The minimum absolute atomic E-state index is 0.197. The number of hydrogen-bond acceptors (Lipinski definition) is 5. The van der Waals surface area contributed by atoms with Gasteiger partial charge in [0.05, 0.1) is 32.4 Å². The maximum atomic E-state index is 12.0. The Hall–Kier alpha value is -2.50. The van der Waals surface area contributed by atoms with Crippen molar-refractivity contribution in [3.8, 4) is 0 Å². The summed E-state index contributed by atoms with van der Waals surface area (Å²) < 4.78 is 9.77. The summed E-state index contributed by atoms with van der Waals surface area (Å²) in [5, 5.41) is 3.23. The van der Waals surface area contributed by atoms with Gasteiger partial charge in [0.1, 0.15) is 0 Å². The number of rotatable bonds is 5. The van der Waals surface area contributed by atoms with Crippen molar-refractivity contribution in [3.63, 3.8) is 0 Å². The monoisotopic (exact) mass is 304 g/mol. The summed E-state index contributed by atoms with van der Waals surface area (Å²) in [4.78, 5) is 25.1. The van der Waals surface area contributed by atoms with Crippen LogP contribution in [0.1, 0.15) is 12.5 Å². The zero-order chi connectivity index (χ0) is 15.9. The highest BCUT2D eigenvalue weighted by Gasteiger charge is 2.31. The number of nitrogens with zero attached hydrogens (tertiary/aromatic N) is 1. The van der Waals surface area contributed by atoms with Crippen LogP contribution in [0.2, 0.25) is 0 Å². The zero-order valence-electron chi connectivity index (χ0n) is 12.8. The smallest absolute Gasteiger partial charge is 0.410 e. The zero-order valence-corrected chi connectivity index (χ0v) is 12.8. The van der Waals surface area contributed by atoms with E-state index in [0.717, 1.165) is 5.56 Å². The fraction of sp³-hybridized carbons (Fsp3) is 0.375. The molecule has 0 saturated carbocycles. The van der Waals surface area contributed by atoms with Crippen molar-refractivity contribution in [3.05, 3.63) is 47.2 Å². The lowest BCUT2D eigenvalue weighted by molar-refractivity contribution is -0.138. The van der Waals surface area contributed by atoms with Gasteiger partial charge in [-0.15, -0.1) is 0 Å². The van der Waals surface area contributed by atoms with Crippen molar-refractivity contribution in [2.45, 2.75) is 13.5 Å². The summed E-state index contributed by atoms with van der Waals surface area (Å²) in [6, 6.07) is 9.83. The largest absolute Gasteiger partial charge is 0.463 e. The Bertz CT molecular complexity index is 569. The van der Waals surface area contributed by atoms with Crippen LogP contribution in [0.25, 0.3) is 0 Å². The van der Waals surface area contributed by atoms with Crippen LogP contribution in [0.4, 0.5) is 4.79 Å². The van der Waals surface area contributed by atoms with Crippen molar-refractivity contribution in [1.82, 2.24) is 10.2 Å². The Morgan fingerprint density at radius 1 is 1.23 bits per heavy atom. The topological polar surface area (TPSA) is 67.9 Å². The van der Waals surface area contributed by atoms with Crippen LogP contribution < -0.4 is 5.32 Å². The Morgan fingerprint density at radius 3 is 2.59 bits per heavy atom. The van der Waals surface area contributed by atoms with E-state index in [1.54, 1.807) is 6.92 Å². The first-order valence-corrected chi connectivity index (χ1v) is 7.15. The predicted octanol–water partition coefficient (Wildman–Crippen LogP) is 1.68. The van der Waals surface area contributed by atoms with E-state index in [4.69, 9.17) is 9.47 Å². The first kappa shape index (κ1) is 15.9. The second-order valence-corrected chi connectivity index (χ2v) is 4.84. The molecule has 0 saturated heterocycles. The molecule has 1 amide bonds. The number of amides is 1. The third-order valence-electron chi connectivity index (χ3n) is 3.37. The summed E-state index contributed by atoms with van der Waals surface area (Å²) >= 11 is 0. The molecule has 0 aliphatic carbocycles. The van der Waals surface area contributed by atoms with Crippen molar-refractivity contribution in [2.75, 3.05) is 26.8 Å². The average Bonchev–Trinajstić information content (AvgIpc) is 2.98. The molecule has 0 fully saturated rings. The number of methoxy groups -OCH3 is 1. The van der Waals surface area contributed by atoms with Gasteiger partial charge in [-0.1, -0.05) is 30.3 Å². The highest BCUT2D eigenvalue weighted by molar-refractivity contribution is 5.91. The molecular formula is C16H20N2O4. The summed E-state index contributed by atoms with van der Waals surface area (Å²) in [6.45, 7) is 3.14. The van der Waals surface area contributed by atoms with Crippen molar-refractivity contribution in [1.29, 1.82) is 0 Å². The van der Waals surface area contributed by atoms with Gasteiger partial charge in [-0.05, 0) is 12.5 Å². The van der Waals surface area contributed by atoms with Crippen molar-refractivity contribution < 1.29 is 19.1 Å². The Morgan fingerprint density at radius 2 is 1.95 bits per heavy atom. The highest BCUT2D eigenvalue weighted by atomic mass is 16.5. The quantitative estimate of drug-likeness (QED) is 0.838. The molecule has 22 heavy (non-hydrogen) atoms. The van der Waals surface area contributed by atoms with Gasteiger partial charge >= 0.3 is 12.1 Å². The number of nitrogens with one attached hydrogen (secondary N) is 1. The first-order valence-electron chi connectivity index (χ1n) is 7.15. The molecular weight excluding hydrogens is 284 g/mol. The van der Waals surface area contributed by atoms with Crippen molar-refractivity contribution in [2.24, 2.45) is 0 Å². The molecule has 6 nitrogen and oxygen atoms in total. The Balaban J connectivity index is 2.09. The van der Waals surface area contributed by atoms with Crippen LogP contribution in [0.5, 0.6) is 0 Å². The summed E-state index contributed by atoms with van der Waals surface area (Å²) in [5.74, 6) is -0.399. The molecule has 0 bridgehead atoms. The first-order chi connectivity index (χ1) is 10.7. The Kier molecular flexibility index (Phi) is 5.41. The molecule has 0 unspecified atom stereocenters. The lowest BCUT2D eigenvalue weighted by Gasteiger charge is -2.14. The second-order valence-electron chi connectivity index (χ2n) is 4.84. The lowest BCUT2D eigenvalue weighted by Crippen LogP contribution is -2.31. The molecule has 0 aromatic heterocycles. The number of carbonyl (C=O) groups is 2. The minimum atomic E-state index is -0.460. The summed E-state index contributed by atoms with van der Waals surface area (Å²) in [5.41, 5.74) is 2.27. The van der Waals surface area contributed by atoms with E-state index in [2.05, 4.69) is 5.32 Å².